The van der Waals surface area contributed by atoms with Gasteiger partial charge < -0.3 is 26.0 Å². The number of morpholine rings is 1. The molecule has 1 amide bonds. The number of nitrogens with zero attached hydrogens (tertiary/aromatic N) is 5. The summed E-state index contributed by atoms with van der Waals surface area (Å²) in [6.07, 6.45) is 2.34. The van der Waals surface area contributed by atoms with Crippen LogP contribution in [-0.4, -0.2) is 71.2 Å². The molecule has 3 heterocycles. The Labute approximate surface area is 271 Å². The molecule has 0 radical (unpaired) electrons. The van der Waals surface area contributed by atoms with Gasteiger partial charge in [0, 0.05) is 60.4 Å². The van der Waals surface area contributed by atoms with Crippen LogP contribution in [0.2, 0.25) is 0 Å². The van der Waals surface area contributed by atoms with Crippen molar-refractivity contribution in [3.05, 3.63) is 83.4 Å². The van der Waals surface area contributed by atoms with Crippen LogP contribution in [0.3, 0.4) is 0 Å². The number of aromatic nitrogens is 3. The van der Waals surface area contributed by atoms with Crippen LogP contribution in [0.4, 0.5) is 29.0 Å². The number of nitrogens with one attached hydrogen (secondary N) is 2. The molecule has 2 fully saturated rings. The number of hydrogen-bond donors (Lipinski definition) is 3. The maximum absolute atomic E-state index is 13.1. The van der Waals surface area contributed by atoms with Crippen LogP contribution in [0, 0.1) is 6.92 Å². The van der Waals surface area contributed by atoms with Gasteiger partial charge in [-0.05, 0) is 78.8 Å². The van der Waals surface area contributed by atoms with Crippen LogP contribution >= 0.6 is 0 Å². The number of carbonyl (C=O) groups excluding carboxylic acids is 1. The monoisotopic (exact) mass is 620 g/mol. The van der Waals surface area contributed by atoms with Crippen molar-refractivity contribution in [2.75, 3.05) is 60.7 Å². The second kappa shape index (κ2) is 13.4. The van der Waals surface area contributed by atoms with Crippen LogP contribution in [0.15, 0.2) is 66.7 Å². The van der Waals surface area contributed by atoms with Crippen LogP contribution in [-0.2, 0) is 10.2 Å². The third-order valence-electron chi connectivity index (χ3n) is 9.00. The number of carbonyl (C=O) groups is 1. The van der Waals surface area contributed by atoms with Crippen molar-refractivity contribution < 1.29 is 9.53 Å². The highest BCUT2D eigenvalue weighted by Crippen LogP contribution is 2.30. The van der Waals surface area contributed by atoms with E-state index in [1.54, 1.807) is 0 Å². The lowest BCUT2D eigenvalue weighted by molar-refractivity contribution is 0.0115. The minimum atomic E-state index is -0.178. The summed E-state index contributed by atoms with van der Waals surface area (Å²) in [5, 5.41) is 6.34. The number of benzene rings is 3. The van der Waals surface area contributed by atoms with E-state index in [1.807, 2.05) is 61.5 Å². The number of piperidine rings is 1. The third kappa shape index (κ3) is 7.29. The van der Waals surface area contributed by atoms with Crippen molar-refractivity contribution in [3.63, 3.8) is 0 Å². The van der Waals surface area contributed by atoms with Gasteiger partial charge in [0.25, 0.3) is 5.91 Å². The number of hydrogen-bond acceptors (Lipinski definition) is 9. The number of anilines is 5. The third-order valence-corrected chi connectivity index (χ3v) is 9.00. The normalized spacial score (nSPS) is 16.3. The number of ether oxygens (including phenoxy) is 1. The van der Waals surface area contributed by atoms with Crippen molar-refractivity contribution >= 4 is 34.9 Å². The first-order chi connectivity index (χ1) is 22.1. The first kappa shape index (κ1) is 31.4. The fourth-order valence-electron chi connectivity index (χ4n) is 6.21. The first-order valence-electron chi connectivity index (χ1n) is 16.1. The molecule has 4 aromatic rings. The SMILES string of the molecule is Cc1c(NC(=O)c2ccc(C(C)(C)C)cc2)cccc1-c1nc(N)nc(Nc2ccc(N3CCC(N4CCOCC4)CC3)cc2)n1. The van der Waals surface area contributed by atoms with Crippen molar-refractivity contribution in [3.8, 4) is 11.4 Å². The van der Waals surface area contributed by atoms with Crippen LogP contribution in [0.25, 0.3) is 11.4 Å². The lowest BCUT2D eigenvalue weighted by atomic mass is 9.86. The van der Waals surface area contributed by atoms with E-state index in [2.05, 4.69) is 68.3 Å². The van der Waals surface area contributed by atoms with E-state index in [0.29, 0.717) is 29.1 Å². The molecule has 3 aromatic carbocycles. The Morgan fingerprint density at radius 2 is 1.59 bits per heavy atom. The lowest BCUT2D eigenvalue weighted by Gasteiger charge is -2.40. The summed E-state index contributed by atoms with van der Waals surface area (Å²) >= 11 is 0. The van der Waals surface area contributed by atoms with Gasteiger partial charge in [-0.15, -0.1) is 0 Å². The van der Waals surface area contributed by atoms with Gasteiger partial charge in [0.15, 0.2) is 5.82 Å². The van der Waals surface area contributed by atoms with Crippen LogP contribution < -0.4 is 21.3 Å². The standard InChI is InChI=1S/C36H44N8O2/c1-24-30(6-5-7-31(24)39-33(45)25-8-10-26(11-9-25)36(2,3)4)32-40-34(37)42-35(41-32)38-27-12-14-28(15-13-27)43-18-16-29(17-19-43)44-20-22-46-23-21-44/h5-15,29H,16-23H2,1-4H3,(H,39,45)(H3,37,38,40,41,42). The first-order valence-corrected chi connectivity index (χ1v) is 16.1. The number of nitrogen functional groups attached to an aromatic ring is 1. The zero-order valence-electron chi connectivity index (χ0n) is 27.2. The molecule has 0 atom stereocenters. The van der Waals surface area contributed by atoms with E-state index in [4.69, 9.17) is 10.5 Å². The molecule has 0 saturated carbocycles. The van der Waals surface area contributed by atoms with Gasteiger partial charge in [-0.25, -0.2) is 0 Å². The van der Waals surface area contributed by atoms with E-state index >= 15 is 0 Å². The van der Waals surface area contributed by atoms with E-state index < -0.39 is 0 Å². The Morgan fingerprint density at radius 3 is 2.26 bits per heavy atom. The molecule has 10 nitrogen and oxygen atoms in total. The highest BCUT2D eigenvalue weighted by Gasteiger charge is 2.26. The molecular weight excluding hydrogens is 576 g/mol. The van der Waals surface area contributed by atoms with Gasteiger partial charge in [0.2, 0.25) is 11.9 Å². The molecule has 10 heteroatoms. The zero-order chi connectivity index (χ0) is 32.3. The van der Waals surface area contributed by atoms with E-state index in [9.17, 15) is 4.79 Å². The van der Waals surface area contributed by atoms with E-state index in [0.717, 1.165) is 56.2 Å². The van der Waals surface area contributed by atoms with Gasteiger partial charge in [0.05, 0.1) is 13.2 Å². The summed E-state index contributed by atoms with van der Waals surface area (Å²) in [4.78, 5) is 31.6. The Balaban J connectivity index is 1.11. The minimum absolute atomic E-state index is 0.0183. The maximum Gasteiger partial charge on any atom is 0.255 e. The summed E-state index contributed by atoms with van der Waals surface area (Å²) in [6, 6.07) is 22.4. The molecule has 46 heavy (non-hydrogen) atoms. The van der Waals surface area contributed by atoms with E-state index in [1.165, 1.54) is 24.1 Å². The van der Waals surface area contributed by atoms with Crippen molar-refractivity contribution in [2.45, 2.75) is 52.0 Å². The van der Waals surface area contributed by atoms with Gasteiger partial charge in [0.1, 0.15) is 0 Å². The van der Waals surface area contributed by atoms with Crippen LogP contribution in [0.1, 0.15) is 55.1 Å². The summed E-state index contributed by atoms with van der Waals surface area (Å²) in [5.41, 5.74) is 12.3. The van der Waals surface area contributed by atoms with Gasteiger partial charge >= 0.3 is 0 Å². The molecule has 0 spiro atoms. The molecule has 2 saturated heterocycles. The predicted molar refractivity (Wildman–Crippen MR) is 185 cm³/mol. The molecule has 2 aliphatic heterocycles. The fourth-order valence-corrected chi connectivity index (χ4v) is 6.21. The number of rotatable bonds is 7. The summed E-state index contributed by atoms with van der Waals surface area (Å²) in [5.74, 6) is 0.718. The molecular formula is C36H44N8O2. The molecule has 4 N–H and O–H groups in total. The minimum Gasteiger partial charge on any atom is -0.379 e. The van der Waals surface area contributed by atoms with Crippen LogP contribution in [0.5, 0.6) is 0 Å². The van der Waals surface area contributed by atoms with Gasteiger partial charge in [-0.2, -0.15) is 15.0 Å². The van der Waals surface area contributed by atoms with Crippen molar-refractivity contribution in [2.24, 2.45) is 0 Å². The van der Waals surface area contributed by atoms with Crippen molar-refractivity contribution in [1.82, 2.24) is 19.9 Å². The molecule has 240 valence electrons. The van der Waals surface area contributed by atoms with E-state index in [-0.39, 0.29) is 17.3 Å². The predicted octanol–water partition coefficient (Wildman–Crippen LogP) is 6.02. The summed E-state index contributed by atoms with van der Waals surface area (Å²) < 4.78 is 5.53. The number of nitrogens with two attached hydrogens (primary N) is 1. The lowest BCUT2D eigenvalue weighted by Crippen LogP contribution is -2.49. The molecule has 1 aromatic heterocycles. The molecule has 2 aliphatic rings. The average molecular weight is 621 g/mol. The second-order valence-electron chi connectivity index (χ2n) is 13.1. The maximum atomic E-state index is 13.1. The zero-order valence-corrected chi connectivity index (χ0v) is 27.2. The smallest absolute Gasteiger partial charge is 0.255 e. The van der Waals surface area contributed by atoms with Gasteiger partial charge in [-0.1, -0.05) is 45.0 Å². The average Bonchev–Trinajstić information content (AvgIpc) is 3.06. The molecule has 0 bridgehead atoms. The molecule has 6 rings (SSSR count). The second-order valence-corrected chi connectivity index (χ2v) is 13.1. The molecule has 0 unspecified atom stereocenters. The highest BCUT2D eigenvalue weighted by molar-refractivity contribution is 6.05. The largest absolute Gasteiger partial charge is 0.379 e. The Hall–Kier alpha value is -4.54. The topological polar surface area (TPSA) is 122 Å². The number of amides is 1. The molecule has 0 aliphatic carbocycles. The summed E-state index contributed by atoms with van der Waals surface area (Å²) in [7, 11) is 0. The quantitative estimate of drug-likeness (QED) is 0.228. The highest BCUT2D eigenvalue weighted by atomic mass is 16.5. The summed E-state index contributed by atoms with van der Waals surface area (Å²) in [6.45, 7) is 14.3. The Kier molecular flexibility index (Phi) is 9.19. The Morgan fingerprint density at radius 1 is 0.891 bits per heavy atom. The Bertz CT molecular complexity index is 1650. The fraction of sp³-hybridized carbons (Fsp3) is 0.389. The van der Waals surface area contributed by atoms with Crippen molar-refractivity contribution in [1.29, 1.82) is 0 Å². The van der Waals surface area contributed by atoms with Gasteiger partial charge in [-0.3, -0.25) is 9.69 Å².